The van der Waals surface area contributed by atoms with Gasteiger partial charge in [0.1, 0.15) is 29.5 Å². The Labute approximate surface area is 355 Å². The SMILES string of the molecule is CCC(O)[C@H]1O[C@](n2ccc(N)nc2=O)(C(c2ccccc2)(c2ccccc2)c2ccc(OC)cc2)[C@@](O)(C(c2ccccc2)(c2ccccc2)c2ccc(OC)cc2)[C@@H]1O. The number of hydrogen-bond donors (Lipinski definition) is 4. The van der Waals surface area contributed by atoms with E-state index in [2.05, 4.69) is 4.98 Å². The summed E-state index contributed by atoms with van der Waals surface area (Å²) in [5.74, 6) is 1.05. The van der Waals surface area contributed by atoms with Crippen LogP contribution in [0, 0.1) is 0 Å². The molecular formula is C51H49N3O7. The molecule has 10 nitrogen and oxygen atoms in total. The van der Waals surface area contributed by atoms with Crippen molar-refractivity contribution in [3.63, 3.8) is 0 Å². The molecule has 0 aliphatic carbocycles. The highest BCUT2D eigenvalue weighted by Gasteiger charge is 2.82. The lowest BCUT2D eigenvalue weighted by Gasteiger charge is -2.61. The van der Waals surface area contributed by atoms with Crippen LogP contribution in [0.1, 0.15) is 46.7 Å². The van der Waals surface area contributed by atoms with Gasteiger partial charge in [0.05, 0.1) is 31.2 Å². The number of hydrogen-bond acceptors (Lipinski definition) is 9. The molecule has 310 valence electrons. The van der Waals surface area contributed by atoms with Gasteiger partial charge in [-0.25, -0.2) is 4.79 Å². The Hall–Kier alpha value is -6.56. The molecule has 1 fully saturated rings. The Balaban J connectivity index is 1.73. The minimum absolute atomic E-state index is 0.0642. The Morgan fingerprint density at radius 2 is 1.03 bits per heavy atom. The third-order valence-corrected chi connectivity index (χ3v) is 12.5. The maximum Gasteiger partial charge on any atom is 0.351 e. The summed E-state index contributed by atoms with van der Waals surface area (Å²) in [6.45, 7) is 1.77. The molecule has 5 N–H and O–H groups in total. The molecule has 8 rings (SSSR count). The Kier molecular flexibility index (Phi) is 11.1. The quantitative estimate of drug-likeness (QED) is 0.0920. The molecule has 7 aromatic rings. The van der Waals surface area contributed by atoms with Crippen LogP contribution in [0.3, 0.4) is 0 Å². The van der Waals surface area contributed by atoms with E-state index in [0.717, 1.165) is 0 Å². The zero-order chi connectivity index (χ0) is 42.8. The van der Waals surface area contributed by atoms with Crippen LogP contribution in [0.15, 0.2) is 187 Å². The molecule has 0 spiro atoms. The summed E-state index contributed by atoms with van der Waals surface area (Å²) in [5.41, 5.74) is -0.0742. The highest BCUT2D eigenvalue weighted by atomic mass is 16.6. The first-order chi connectivity index (χ1) is 29.6. The van der Waals surface area contributed by atoms with Crippen LogP contribution in [0.5, 0.6) is 11.5 Å². The van der Waals surface area contributed by atoms with E-state index in [-0.39, 0.29) is 12.2 Å². The van der Waals surface area contributed by atoms with Crippen molar-refractivity contribution in [1.29, 1.82) is 0 Å². The predicted octanol–water partition coefficient (Wildman–Crippen LogP) is 6.83. The summed E-state index contributed by atoms with van der Waals surface area (Å²) in [4.78, 5) is 19.5. The van der Waals surface area contributed by atoms with Crippen molar-refractivity contribution in [2.45, 2.75) is 53.8 Å². The van der Waals surface area contributed by atoms with Gasteiger partial charge >= 0.3 is 5.69 Å². The molecule has 0 radical (unpaired) electrons. The molecular weight excluding hydrogens is 767 g/mol. The number of anilines is 1. The topological polar surface area (TPSA) is 149 Å². The minimum atomic E-state index is -2.70. The predicted molar refractivity (Wildman–Crippen MR) is 235 cm³/mol. The number of nitrogen functional groups attached to an aromatic ring is 1. The zero-order valence-electron chi connectivity index (χ0n) is 34.2. The maximum atomic E-state index is 15.5. The molecule has 1 aliphatic rings. The van der Waals surface area contributed by atoms with Crippen LogP contribution in [0.25, 0.3) is 0 Å². The van der Waals surface area contributed by atoms with Gasteiger partial charge in [-0.1, -0.05) is 153 Å². The second kappa shape index (κ2) is 16.5. The van der Waals surface area contributed by atoms with Gasteiger partial charge in [-0.2, -0.15) is 4.98 Å². The van der Waals surface area contributed by atoms with Crippen molar-refractivity contribution < 1.29 is 29.5 Å². The minimum Gasteiger partial charge on any atom is -0.497 e. The van der Waals surface area contributed by atoms with E-state index in [4.69, 9.17) is 19.9 Å². The van der Waals surface area contributed by atoms with E-state index in [1.165, 1.54) is 16.8 Å². The number of aliphatic hydroxyl groups excluding tert-OH is 2. The molecule has 0 saturated carbocycles. The Bertz CT molecular complexity index is 2530. The normalized spacial score (nSPS) is 20.8. The van der Waals surface area contributed by atoms with E-state index in [9.17, 15) is 10.2 Å². The monoisotopic (exact) mass is 815 g/mol. The average Bonchev–Trinajstić information content (AvgIpc) is 3.55. The highest BCUT2D eigenvalue weighted by molar-refractivity contribution is 5.63. The molecule has 0 bridgehead atoms. The molecule has 1 unspecified atom stereocenters. The van der Waals surface area contributed by atoms with Gasteiger partial charge in [0.15, 0.2) is 11.3 Å². The number of benzene rings is 6. The van der Waals surface area contributed by atoms with Crippen molar-refractivity contribution >= 4 is 5.82 Å². The van der Waals surface area contributed by atoms with Crippen LogP contribution >= 0.6 is 0 Å². The maximum absolute atomic E-state index is 15.5. The fourth-order valence-electron chi connectivity index (χ4n) is 9.92. The van der Waals surface area contributed by atoms with E-state index in [0.29, 0.717) is 44.9 Å². The van der Waals surface area contributed by atoms with Crippen molar-refractivity contribution in [2.24, 2.45) is 0 Å². The Morgan fingerprint density at radius 3 is 1.41 bits per heavy atom. The van der Waals surface area contributed by atoms with Crippen LogP contribution < -0.4 is 20.9 Å². The second-order valence-corrected chi connectivity index (χ2v) is 15.3. The first-order valence-corrected chi connectivity index (χ1v) is 20.3. The number of rotatable bonds is 13. The second-order valence-electron chi connectivity index (χ2n) is 15.3. The van der Waals surface area contributed by atoms with Crippen LogP contribution in [-0.2, 0) is 21.3 Å². The van der Waals surface area contributed by atoms with Gasteiger partial charge in [0, 0.05) is 6.20 Å². The third kappa shape index (κ3) is 6.09. The molecule has 1 aromatic heterocycles. The standard InChI is InChI=1S/C51H49N3O7/c1-4-43(55)45-46(56)50(58,48(35-17-9-5-10-18-35,36-19-11-6-12-20-36)39-25-29-41(59-2)30-26-39)51(61-45,54-34-33-44(52)53-47(54)57)49(37-21-13-7-14-22-37,38-23-15-8-16-24-38)40-27-31-42(60-3)32-28-40/h5-34,43,45-46,55-56,58H,4H2,1-3H3,(H2,52,53,57)/t43?,45-,46-,50+,51-/m1/s1. The number of nitrogens with zero attached hydrogens (tertiary/aromatic N) is 2. The van der Waals surface area contributed by atoms with E-state index >= 15 is 9.90 Å². The smallest absolute Gasteiger partial charge is 0.351 e. The third-order valence-electron chi connectivity index (χ3n) is 12.5. The summed E-state index contributed by atoms with van der Waals surface area (Å²) in [6.07, 6.45) is -3.20. The fourth-order valence-corrected chi connectivity index (χ4v) is 9.92. The number of nitrogens with two attached hydrogens (primary N) is 1. The highest BCUT2D eigenvalue weighted by Crippen LogP contribution is 2.68. The van der Waals surface area contributed by atoms with Crippen LogP contribution in [0.4, 0.5) is 5.82 Å². The molecule has 6 aromatic carbocycles. The molecule has 1 aliphatic heterocycles. The first kappa shape index (κ1) is 41.2. The van der Waals surface area contributed by atoms with Crippen molar-refractivity contribution in [1.82, 2.24) is 9.55 Å². The molecule has 61 heavy (non-hydrogen) atoms. The fraction of sp³-hybridized carbons (Fsp3) is 0.216. The summed E-state index contributed by atoms with van der Waals surface area (Å²) >= 11 is 0. The van der Waals surface area contributed by atoms with Crippen molar-refractivity contribution in [3.8, 4) is 11.5 Å². The molecule has 1 saturated heterocycles. The van der Waals surface area contributed by atoms with Crippen molar-refractivity contribution in [2.75, 3.05) is 20.0 Å². The summed E-state index contributed by atoms with van der Waals surface area (Å²) < 4.78 is 20.2. The largest absolute Gasteiger partial charge is 0.497 e. The average molecular weight is 816 g/mol. The van der Waals surface area contributed by atoms with Gasteiger partial charge in [0.25, 0.3) is 0 Å². The summed E-state index contributed by atoms with van der Waals surface area (Å²) in [6, 6.07) is 53.8. The van der Waals surface area contributed by atoms with Gasteiger partial charge in [-0.05, 0) is 70.1 Å². The summed E-state index contributed by atoms with van der Waals surface area (Å²) in [5, 5.41) is 41.4. The van der Waals surface area contributed by atoms with E-state index in [1.807, 2.05) is 158 Å². The van der Waals surface area contributed by atoms with Gasteiger partial charge < -0.3 is 35.3 Å². The zero-order valence-corrected chi connectivity index (χ0v) is 34.2. The lowest BCUT2D eigenvalue weighted by molar-refractivity contribution is -0.244. The lowest BCUT2D eigenvalue weighted by atomic mass is 9.47. The molecule has 2 heterocycles. The number of ether oxygens (including phenoxy) is 3. The Morgan fingerprint density at radius 1 is 0.656 bits per heavy atom. The van der Waals surface area contributed by atoms with Crippen molar-refractivity contribution in [3.05, 3.63) is 226 Å². The van der Waals surface area contributed by atoms with Gasteiger partial charge in [-0.3, -0.25) is 4.57 Å². The van der Waals surface area contributed by atoms with Crippen LogP contribution in [-0.4, -0.2) is 63.0 Å². The van der Waals surface area contributed by atoms with Gasteiger partial charge in [-0.15, -0.1) is 0 Å². The lowest BCUT2D eigenvalue weighted by Crippen LogP contribution is -2.77. The van der Waals surface area contributed by atoms with Gasteiger partial charge in [0.2, 0.25) is 0 Å². The number of methoxy groups -OCH3 is 2. The molecule has 0 amide bonds. The summed E-state index contributed by atoms with van der Waals surface area (Å²) in [7, 11) is 3.15. The number of aromatic nitrogens is 2. The molecule has 10 heteroatoms. The first-order valence-electron chi connectivity index (χ1n) is 20.3. The number of aliphatic hydroxyl groups is 3. The van der Waals surface area contributed by atoms with Crippen LogP contribution in [0.2, 0.25) is 0 Å². The molecule has 5 atom stereocenters. The van der Waals surface area contributed by atoms with E-state index in [1.54, 1.807) is 33.3 Å². The van der Waals surface area contributed by atoms with E-state index < -0.39 is 46.2 Å².